The van der Waals surface area contributed by atoms with Crippen molar-refractivity contribution in [1.82, 2.24) is 5.32 Å². The molecule has 1 fully saturated rings. The molecule has 0 aliphatic carbocycles. The molecular weight excluding hydrogens is 122 g/mol. The molecule has 1 aliphatic heterocycles. The maximum atomic E-state index is 3.60. The van der Waals surface area contributed by atoms with Crippen molar-refractivity contribution in [2.75, 3.05) is 0 Å². The van der Waals surface area contributed by atoms with E-state index in [1.807, 2.05) is 0 Å². The van der Waals surface area contributed by atoms with Gasteiger partial charge >= 0.3 is 0 Å². The van der Waals surface area contributed by atoms with Gasteiger partial charge in [0.05, 0.1) is 0 Å². The summed E-state index contributed by atoms with van der Waals surface area (Å²) in [7, 11) is 0. The third-order valence-electron chi connectivity index (χ3n) is 2.69. The van der Waals surface area contributed by atoms with Crippen LogP contribution in [0.2, 0.25) is 0 Å². The highest BCUT2D eigenvalue weighted by Crippen LogP contribution is 2.24. The van der Waals surface area contributed by atoms with Gasteiger partial charge in [-0.25, -0.2) is 0 Å². The van der Waals surface area contributed by atoms with Gasteiger partial charge in [0.2, 0.25) is 0 Å². The van der Waals surface area contributed by atoms with E-state index in [1.165, 1.54) is 19.3 Å². The third kappa shape index (κ3) is 1.51. The zero-order chi connectivity index (χ0) is 7.56. The number of hydrogen-bond donors (Lipinski definition) is 1. The summed E-state index contributed by atoms with van der Waals surface area (Å²) in [4.78, 5) is 0. The molecule has 0 radical (unpaired) electrons. The highest BCUT2D eigenvalue weighted by molar-refractivity contribution is 4.86. The maximum Gasteiger partial charge on any atom is 0.00956 e. The molecule has 0 saturated carbocycles. The number of hydrogen-bond acceptors (Lipinski definition) is 1. The molecule has 3 atom stereocenters. The zero-order valence-electron chi connectivity index (χ0n) is 7.35. The zero-order valence-corrected chi connectivity index (χ0v) is 7.35. The summed E-state index contributed by atoms with van der Waals surface area (Å²) in [6.07, 6.45) is 4.02. The van der Waals surface area contributed by atoms with E-state index in [9.17, 15) is 0 Å². The van der Waals surface area contributed by atoms with Crippen LogP contribution in [0.5, 0.6) is 0 Å². The third-order valence-corrected chi connectivity index (χ3v) is 2.69. The molecule has 0 amide bonds. The molecule has 1 aliphatic rings. The van der Waals surface area contributed by atoms with Gasteiger partial charge in [0.25, 0.3) is 0 Å². The van der Waals surface area contributed by atoms with Crippen molar-refractivity contribution in [2.24, 2.45) is 5.92 Å². The minimum absolute atomic E-state index is 0.759. The minimum atomic E-state index is 0.759. The Morgan fingerprint density at radius 2 is 2.00 bits per heavy atom. The Morgan fingerprint density at radius 3 is 2.40 bits per heavy atom. The van der Waals surface area contributed by atoms with Gasteiger partial charge in [-0.2, -0.15) is 0 Å². The van der Waals surface area contributed by atoms with Crippen molar-refractivity contribution in [3.8, 4) is 0 Å². The van der Waals surface area contributed by atoms with E-state index in [-0.39, 0.29) is 0 Å². The van der Waals surface area contributed by atoms with Crippen LogP contribution < -0.4 is 5.32 Å². The fourth-order valence-electron chi connectivity index (χ4n) is 2.09. The first-order valence-electron chi connectivity index (χ1n) is 4.54. The van der Waals surface area contributed by atoms with Crippen molar-refractivity contribution in [2.45, 2.75) is 52.1 Å². The SMILES string of the molecule is CCC1CC(C)NC1CC. The fraction of sp³-hybridized carbons (Fsp3) is 1.00. The first kappa shape index (κ1) is 8.06. The topological polar surface area (TPSA) is 12.0 Å². The molecule has 0 aromatic heterocycles. The maximum absolute atomic E-state index is 3.60. The Hall–Kier alpha value is -0.0400. The molecule has 1 N–H and O–H groups in total. The molecule has 60 valence electrons. The van der Waals surface area contributed by atoms with E-state index < -0.39 is 0 Å². The minimum Gasteiger partial charge on any atom is -0.311 e. The number of rotatable bonds is 2. The van der Waals surface area contributed by atoms with Crippen molar-refractivity contribution < 1.29 is 0 Å². The molecule has 1 heterocycles. The van der Waals surface area contributed by atoms with Gasteiger partial charge in [-0.05, 0) is 25.7 Å². The first-order valence-corrected chi connectivity index (χ1v) is 4.54. The molecule has 0 spiro atoms. The summed E-state index contributed by atoms with van der Waals surface area (Å²) >= 11 is 0. The summed E-state index contributed by atoms with van der Waals surface area (Å²) in [5, 5.41) is 3.60. The lowest BCUT2D eigenvalue weighted by molar-refractivity contribution is 0.425. The summed E-state index contributed by atoms with van der Waals surface area (Å²) in [6, 6.07) is 1.56. The van der Waals surface area contributed by atoms with Gasteiger partial charge in [0, 0.05) is 12.1 Å². The van der Waals surface area contributed by atoms with Gasteiger partial charge in [-0.3, -0.25) is 0 Å². The lowest BCUT2D eigenvalue weighted by Gasteiger charge is -2.14. The second-order valence-corrected chi connectivity index (χ2v) is 3.49. The molecule has 1 rings (SSSR count). The van der Waals surface area contributed by atoms with Gasteiger partial charge in [0.1, 0.15) is 0 Å². The van der Waals surface area contributed by atoms with Crippen LogP contribution in [0, 0.1) is 5.92 Å². The van der Waals surface area contributed by atoms with Crippen LogP contribution in [0.4, 0.5) is 0 Å². The van der Waals surface area contributed by atoms with Gasteiger partial charge in [-0.1, -0.05) is 20.3 Å². The van der Waals surface area contributed by atoms with Gasteiger partial charge < -0.3 is 5.32 Å². The fourth-order valence-corrected chi connectivity index (χ4v) is 2.09. The monoisotopic (exact) mass is 141 g/mol. The van der Waals surface area contributed by atoms with Gasteiger partial charge in [0.15, 0.2) is 0 Å². The van der Waals surface area contributed by atoms with E-state index in [1.54, 1.807) is 0 Å². The van der Waals surface area contributed by atoms with Crippen molar-refractivity contribution >= 4 is 0 Å². The Labute approximate surface area is 64.2 Å². The van der Waals surface area contributed by atoms with Crippen LogP contribution >= 0.6 is 0 Å². The number of nitrogens with one attached hydrogen (secondary N) is 1. The Balaban J connectivity index is 2.41. The quantitative estimate of drug-likeness (QED) is 0.621. The first-order chi connectivity index (χ1) is 4.77. The molecule has 1 nitrogen and oxygen atoms in total. The van der Waals surface area contributed by atoms with Crippen LogP contribution in [-0.4, -0.2) is 12.1 Å². The van der Waals surface area contributed by atoms with Gasteiger partial charge in [-0.15, -0.1) is 0 Å². The molecule has 0 bridgehead atoms. The Kier molecular flexibility index (Phi) is 2.72. The molecule has 3 unspecified atom stereocenters. The molecule has 10 heavy (non-hydrogen) atoms. The second kappa shape index (κ2) is 3.38. The lowest BCUT2D eigenvalue weighted by atomic mass is 9.95. The predicted octanol–water partition coefficient (Wildman–Crippen LogP) is 2.17. The normalized spacial score (nSPS) is 40.5. The van der Waals surface area contributed by atoms with E-state index in [0.717, 1.165) is 18.0 Å². The van der Waals surface area contributed by atoms with Crippen molar-refractivity contribution in [3.63, 3.8) is 0 Å². The van der Waals surface area contributed by atoms with Crippen LogP contribution in [0.1, 0.15) is 40.0 Å². The van der Waals surface area contributed by atoms with E-state index in [4.69, 9.17) is 0 Å². The van der Waals surface area contributed by atoms with E-state index in [0.29, 0.717) is 0 Å². The summed E-state index contributed by atoms with van der Waals surface area (Å²) in [6.45, 7) is 6.86. The highest BCUT2D eigenvalue weighted by atomic mass is 15.0. The average molecular weight is 141 g/mol. The van der Waals surface area contributed by atoms with Crippen molar-refractivity contribution in [1.29, 1.82) is 0 Å². The van der Waals surface area contributed by atoms with E-state index in [2.05, 4.69) is 26.1 Å². The van der Waals surface area contributed by atoms with Crippen molar-refractivity contribution in [3.05, 3.63) is 0 Å². The smallest absolute Gasteiger partial charge is 0.00956 e. The Morgan fingerprint density at radius 1 is 1.30 bits per heavy atom. The lowest BCUT2D eigenvalue weighted by Crippen LogP contribution is -2.28. The second-order valence-electron chi connectivity index (χ2n) is 3.49. The summed E-state index contributed by atoms with van der Waals surface area (Å²) in [5.74, 6) is 0.944. The largest absolute Gasteiger partial charge is 0.311 e. The highest BCUT2D eigenvalue weighted by Gasteiger charge is 2.27. The molecule has 1 saturated heterocycles. The molecule has 0 aromatic carbocycles. The summed E-state index contributed by atoms with van der Waals surface area (Å²) in [5.41, 5.74) is 0. The molecule has 0 aromatic rings. The summed E-state index contributed by atoms with van der Waals surface area (Å²) < 4.78 is 0. The van der Waals surface area contributed by atoms with E-state index >= 15 is 0 Å². The molecular formula is C9H19N. The Bertz CT molecular complexity index is 88.9. The standard InChI is InChI=1S/C9H19N/c1-4-8-6-7(3)10-9(8)5-2/h7-10H,4-6H2,1-3H3. The van der Waals surface area contributed by atoms with Crippen LogP contribution in [0.25, 0.3) is 0 Å². The average Bonchev–Trinajstić information content (AvgIpc) is 2.30. The van der Waals surface area contributed by atoms with Crippen LogP contribution in [0.3, 0.4) is 0 Å². The molecule has 1 heteroatoms. The predicted molar refractivity (Wildman–Crippen MR) is 45.1 cm³/mol. The van der Waals surface area contributed by atoms with Crippen LogP contribution in [-0.2, 0) is 0 Å². The van der Waals surface area contributed by atoms with Crippen LogP contribution in [0.15, 0.2) is 0 Å².